The first kappa shape index (κ1) is 16.2. The Morgan fingerprint density at radius 2 is 2.24 bits per heavy atom. The predicted octanol–water partition coefficient (Wildman–Crippen LogP) is 2.15. The average molecular weight is 376 g/mol. The van der Waals surface area contributed by atoms with E-state index in [1.807, 2.05) is 0 Å². The van der Waals surface area contributed by atoms with Gasteiger partial charge in [-0.25, -0.2) is 4.99 Å². The summed E-state index contributed by atoms with van der Waals surface area (Å²) in [6, 6.07) is 8.63. The van der Waals surface area contributed by atoms with Crippen molar-refractivity contribution in [1.82, 2.24) is 0 Å². The third-order valence-electron chi connectivity index (χ3n) is 5.11. The minimum absolute atomic E-state index is 0.0144. The van der Waals surface area contributed by atoms with Crippen LogP contribution in [0.25, 0.3) is 0 Å². The van der Waals surface area contributed by atoms with E-state index in [-0.39, 0.29) is 16.5 Å². The highest BCUT2D eigenvalue weighted by Gasteiger charge is 2.93. The first-order chi connectivity index (χ1) is 11.9. The van der Waals surface area contributed by atoms with E-state index in [4.69, 9.17) is 22.1 Å². The SMILES string of the molecule is N#C[C@@]12[C@H](c3ccc(Cl)c([N+](=O)[O-])c3)[C@]1(C#N)C(N)=N[C@@]21OCCS1. The Balaban J connectivity index is 1.92. The number of amidine groups is 1. The van der Waals surface area contributed by atoms with Crippen LogP contribution in [0.2, 0.25) is 5.02 Å². The van der Waals surface area contributed by atoms with Gasteiger partial charge in [0.1, 0.15) is 16.3 Å². The molecule has 126 valence electrons. The van der Waals surface area contributed by atoms with Crippen LogP contribution in [-0.2, 0) is 4.74 Å². The zero-order chi connectivity index (χ0) is 18.0. The van der Waals surface area contributed by atoms with Crippen LogP contribution in [0.5, 0.6) is 0 Å². The van der Waals surface area contributed by atoms with Gasteiger partial charge in [0.15, 0.2) is 5.41 Å². The van der Waals surface area contributed by atoms with Gasteiger partial charge in [0, 0.05) is 17.7 Å². The summed E-state index contributed by atoms with van der Waals surface area (Å²) in [6.07, 6.45) is 0. The Hall–Kier alpha value is -2.33. The summed E-state index contributed by atoms with van der Waals surface area (Å²) in [6.45, 7) is 0.389. The molecule has 1 saturated heterocycles. The standard InChI is InChI=1S/C15H10ClN5O3S/c16-9-2-1-8(5-10(9)21(22)23)11-13(6-17)12(19)20-15(14(11,13)7-18)24-3-4-25-15/h1-2,5,11H,3-4H2,(H2,19,20)/t11-,13-,14-,15-/m1/s1. The lowest BCUT2D eigenvalue weighted by atomic mass is 9.95. The molecule has 2 fully saturated rings. The number of nitrogens with zero attached hydrogens (tertiary/aromatic N) is 4. The summed E-state index contributed by atoms with van der Waals surface area (Å²) in [5.74, 6) is -0.0162. The van der Waals surface area contributed by atoms with Crippen molar-refractivity contribution in [2.45, 2.75) is 11.0 Å². The van der Waals surface area contributed by atoms with Crippen LogP contribution >= 0.6 is 23.4 Å². The molecule has 2 aliphatic heterocycles. The third-order valence-corrected chi connectivity index (χ3v) is 6.72. The molecular weight excluding hydrogens is 366 g/mol. The molecule has 0 unspecified atom stereocenters. The van der Waals surface area contributed by atoms with Crippen molar-refractivity contribution in [3.8, 4) is 12.1 Å². The predicted molar refractivity (Wildman–Crippen MR) is 89.7 cm³/mol. The Morgan fingerprint density at radius 3 is 2.80 bits per heavy atom. The number of halogens is 1. The highest BCUT2D eigenvalue weighted by Crippen LogP contribution is 2.84. The van der Waals surface area contributed by atoms with Crippen molar-refractivity contribution in [3.05, 3.63) is 38.9 Å². The van der Waals surface area contributed by atoms with E-state index in [0.717, 1.165) is 0 Å². The molecular formula is C15H10ClN5O3S. The van der Waals surface area contributed by atoms with Gasteiger partial charge in [-0.2, -0.15) is 10.5 Å². The zero-order valence-electron chi connectivity index (χ0n) is 12.6. The molecule has 3 aliphatic rings. The van der Waals surface area contributed by atoms with Gasteiger partial charge in [0.25, 0.3) is 5.69 Å². The van der Waals surface area contributed by atoms with Crippen molar-refractivity contribution in [3.63, 3.8) is 0 Å². The number of nitro benzene ring substituents is 1. The number of rotatable bonds is 2. The Kier molecular flexibility index (Phi) is 3.14. The fourth-order valence-electron chi connectivity index (χ4n) is 4.07. The van der Waals surface area contributed by atoms with Crippen molar-refractivity contribution in [2.24, 2.45) is 21.6 Å². The van der Waals surface area contributed by atoms with Gasteiger partial charge >= 0.3 is 0 Å². The molecule has 0 aromatic heterocycles. The van der Waals surface area contributed by atoms with Crippen LogP contribution in [0.3, 0.4) is 0 Å². The van der Waals surface area contributed by atoms with Crippen LogP contribution in [0, 0.1) is 43.6 Å². The van der Waals surface area contributed by atoms with Crippen LogP contribution in [-0.4, -0.2) is 28.2 Å². The Labute approximate surface area is 151 Å². The van der Waals surface area contributed by atoms with Crippen molar-refractivity contribution >= 4 is 34.9 Å². The summed E-state index contributed by atoms with van der Waals surface area (Å²) in [5.41, 5.74) is 3.55. The van der Waals surface area contributed by atoms with Crippen LogP contribution in [0.15, 0.2) is 23.2 Å². The van der Waals surface area contributed by atoms with Gasteiger partial charge in [-0.05, 0) is 11.6 Å². The molecule has 1 spiro atoms. The number of fused-ring (bicyclic) bond motifs is 2. The second kappa shape index (κ2) is 4.85. The number of hydrogen-bond donors (Lipinski definition) is 1. The fraction of sp³-hybridized carbons (Fsp3) is 0.400. The molecule has 8 nitrogen and oxygen atoms in total. The first-order valence-corrected chi connectivity index (χ1v) is 8.66. The molecule has 1 aromatic carbocycles. The number of nitro groups is 1. The highest BCUT2D eigenvalue weighted by molar-refractivity contribution is 8.00. The van der Waals surface area contributed by atoms with E-state index in [2.05, 4.69) is 17.1 Å². The summed E-state index contributed by atoms with van der Waals surface area (Å²) < 4.78 is 5.76. The molecule has 4 atom stereocenters. The number of aliphatic imine (C=N–C) groups is 1. The van der Waals surface area contributed by atoms with E-state index < -0.39 is 26.7 Å². The normalized spacial score (nSPS) is 37.9. The maximum atomic E-state index is 11.2. The number of thioether (sulfide) groups is 1. The smallest absolute Gasteiger partial charge is 0.288 e. The van der Waals surface area contributed by atoms with Crippen molar-refractivity contribution < 1.29 is 9.66 Å². The largest absolute Gasteiger partial charge is 0.386 e. The molecule has 0 amide bonds. The molecule has 1 aliphatic carbocycles. The Morgan fingerprint density at radius 1 is 1.48 bits per heavy atom. The van der Waals surface area contributed by atoms with Crippen molar-refractivity contribution in [1.29, 1.82) is 10.5 Å². The van der Waals surface area contributed by atoms with E-state index >= 15 is 0 Å². The lowest BCUT2D eigenvalue weighted by Gasteiger charge is -2.26. The minimum atomic E-state index is -1.36. The molecule has 2 N–H and O–H groups in total. The summed E-state index contributed by atoms with van der Waals surface area (Å²) >= 11 is 7.21. The minimum Gasteiger partial charge on any atom is -0.386 e. The quantitative estimate of drug-likeness (QED) is 0.617. The first-order valence-electron chi connectivity index (χ1n) is 7.30. The van der Waals surface area contributed by atoms with Crippen LogP contribution in [0.1, 0.15) is 11.5 Å². The maximum Gasteiger partial charge on any atom is 0.288 e. The summed E-state index contributed by atoms with van der Waals surface area (Å²) in [5, 5.41) is 29.8. The third kappa shape index (κ3) is 1.59. The average Bonchev–Trinajstić information content (AvgIpc) is 2.83. The molecule has 1 aromatic rings. The lowest BCUT2D eigenvalue weighted by Crippen LogP contribution is -2.34. The van der Waals surface area contributed by atoms with E-state index in [9.17, 15) is 20.6 Å². The second-order valence-corrected chi connectivity index (χ2v) is 7.67. The lowest BCUT2D eigenvalue weighted by molar-refractivity contribution is -0.384. The van der Waals surface area contributed by atoms with Gasteiger partial charge in [-0.15, -0.1) is 0 Å². The van der Waals surface area contributed by atoms with Crippen LogP contribution in [0.4, 0.5) is 5.69 Å². The number of benzene rings is 1. The highest BCUT2D eigenvalue weighted by atomic mass is 35.5. The zero-order valence-corrected chi connectivity index (χ0v) is 14.2. The molecule has 1 saturated carbocycles. The van der Waals surface area contributed by atoms with E-state index in [1.54, 1.807) is 6.07 Å². The second-order valence-electron chi connectivity index (χ2n) is 6.02. The van der Waals surface area contributed by atoms with Gasteiger partial charge in [0.05, 0.1) is 23.7 Å². The molecule has 4 rings (SSSR count). The van der Waals surface area contributed by atoms with E-state index in [0.29, 0.717) is 17.9 Å². The van der Waals surface area contributed by atoms with Crippen LogP contribution < -0.4 is 5.73 Å². The summed E-state index contributed by atoms with van der Waals surface area (Å²) in [4.78, 5) is 14.9. The molecule has 25 heavy (non-hydrogen) atoms. The molecule has 10 heteroatoms. The van der Waals surface area contributed by atoms with Crippen molar-refractivity contribution in [2.75, 3.05) is 12.4 Å². The van der Waals surface area contributed by atoms with Gasteiger partial charge in [-0.1, -0.05) is 29.4 Å². The molecule has 0 bridgehead atoms. The topological polar surface area (TPSA) is 138 Å². The maximum absolute atomic E-state index is 11.2. The Bertz CT molecular complexity index is 932. The fourth-order valence-corrected chi connectivity index (χ4v) is 5.58. The number of ether oxygens (including phenoxy) is 1. The monoisotopic (exact) mass is 375 g/mol. The van der Waals surface area contributed by atoms with Gasteiger partial charge in [-0.3, -0.25) is 10.1 Å². The number of hydrogen-bond acceptors (Lipinski definition) is 8. The molecule has 2 heterocycles. The van der Waals surface area contributed by atoms with E-state index in [1.165, 1.54) is 23.9 Å². The summed E-state index contributed by atoms with van der Waals surface area (Å²) in [7, 11) is 0. The van der Waals surface area contributed by atoms with Gasteiger partial charge in [0.2, 0.25) is 5.06 Å². The van der Waals surface area contributed by atoms with Gasteiger partial charge < -0.3 is 10.5 Å². The number of nitrogens with two attached hydrogens (primary N) is 1. The molecule has 0 radical (unpaired) electrons. The number of nitriles is 2.